The Morgan fingerprint density at radius 3 is 2.67 bits per heavy atom. The highest BCUT2D eigenvalue weighted by molar-refractivity contribution is 8.16. The van der Waals surface area contributed by atoms with Gasteiger partial charge in [0, 0.05) is 5.56 Å². The van der Waals surface area contributed by atoms with Crippen LogP contribution in [0.15, 0.2) is 29.3 Å². The second-order valence-electron chi connectivity index (χ2n) is 6.36. The zero-order valence-corrected chi connectivity index (χ0v) is 15.4. The van der Waals surface area contributed by atoms with E-state index in [1.807, 2.05) is 13.8 Å². The van der Waals surface area contributed by atoms with E-state index in [2.05, 4.69) is 10.3 Å². The second-order valence-corrected chi connectivity index (χ2v) is 7.76. The van der Waals surface area contributed by atoms with Crippen molar-refractivity contribution in [3.8, 4) is 0 Å². The van der Waals surface area contributed by atoms with Gasteiger partial charge in [-0.25, -0.2) is 4.39 Å². The van der Waals surface area contributed by atoms with Crippen LogP contribution in [0.2, 0.25) is 0 Å². The van der Waals surface area contributed by atoms with E-state index in [4.69, 9.17) is 0 Å². The number of amidine groups is 1. The van der Waals surface area contributed by atoms with Crippen molar-refractivity contribution in [3.63, 3.8) is 0 Å². The highest BCUT2D eigenvalue weighted by Gasteiger charge is 2.56. The summed E-state index contributed by atoms with van der Waals surface area (Å²) in [6.07, 6.45) is 1.80. The van der Waals surface area contributed by atoms with Crippen molar-refractivity contribution in [1.29, 1.82) is 0 Å². The highest BCUT2D eigenvalue weighted by Crippen LogP contribution is 2.45. The summed E-state index contributed by atoms with van der Waals surface area (Å²) in [7, 11) is 0. The van der Waals surface area contributed by atoms with E-state index in [0.29, 0.717) is 23.6 Å². The Balaban J connectivity index is 2.27. The fraction of sp³-hybridized carbons (Fsp3) is 0.556. The lowest BCUT2D eigenvalue weighted by Crippen LogP contribution is -2.54. The van der Waals surface area contributed by atoms with Crippen molar-refractivity contribution in [3.05, 3.63) is 35.6 Å². The van der Waals surface area contributed by atoms with Crippen molar-refractivity contribution in [2.24, 2.45) is 4.99 Å². The number of halogens is 1. The zero-order valence-electron chi connectivity index (χ0n) is 14.6. The molecule has 1 aromatic rings. The lowest BCUT2D eigenvalue weighted by Gasteiger charge is -2.38. The molecule has 0 aromatic heterocycles. The number of aliphatic imine (C=N–C) groups is 1. The van der Waals surface area contributed by atoms with Gasteiger partial charge >= 0.3 is 0 Å². The van der Waals surface area contributed by atoms with Gasteiger partial charge in [-0.2, -0.15) is 0 Å². The van der Waals surface area contributed by atoms with Crippen molar-refractivity contribution < 1.29 is 14.3 Å². The van der Waals surface area contributed by atoms with Gasteiger partial charge in [0.1, 0.15) is 10.6 Å². The minimum Gasteiger partial charge on any atom is -0.388 e. The predicted molar refractivity (Wildman–Crippen MR) is 96.5 cm³/mol. The molecule has 0 aliphatic carbocycles. The number of nitrogens with zero attached hydrogens (tertiary/aromatic N) is 1. The molecular weight excluding hydrogens is 327 g/mol. The van der Waals surface area contributed by atoms with E-state index >= 15 is 0 Å². The van der Waals surface area contributed by atoms with Crippen molar-refractivity contribution >= 4 is 22.8 Å². The largest absolute Gasteiger partial charge is 0.388 e. The lowest BCUT2D eigenvalue weighted by molar-refractivity contribution is -0.128. The molecule has 2 unspecified atom stereocenters. The maximum Gasteiger partial charge on any atom is 0.245 e. The number of benzene rings is 1. The average molecular weight is 352 g/mol. The highest BCUT2D eigenvalue weighted by atomic mass is 32.2. The van der Waals surface area contributed by atoms with Gasteiger partial charge in [-0.05, 0) is 32.8 Å². The number of nitrogens with one attached hydrogen (secondary N) is 1. The third kappa shape index (κ3) is 3.35. The minimum atomic E-state index is -1.10. The van der Waals surface area contributed by atoms with Crippen LogP contribution >= 0.6 is 11.8 Å². The predicted octanol–water partition coefficient (Wildman–Crippen LogP) is 3.81. The fourth-order valence-electron chi connectivity index (χ4n) is 3.07. The molecule has 132 valence electrons. The normalized spacial score (nSPS) is 26.2. The van der Waals surface area contributed by atoms with Gasteiger partial charge < -0.3 is 10.4 Å². The van der Waals surface area contributed by atoms with Gasteiger partial charge in [0.2, 0.25) is 5.91 Å². The molecule has 1 heterocycles. The standard InChI is InChI=1S/C18H25FN2O2S/c1-5-11-18(23,6-2)17(4)15(22)21-16(24-17)20-12(3)13-9-7-8-10-14(13)19/h7-10,12,23H,5-6,11H2,1-4H3,(H,20,21,22)/t12-,17?,18?/m0/s1. The first-order valence-corrected chi connectivity index (χ1v) is 9.14. The van der Waals surface area contributed by atoms with Crippen LogP contribution in [0, 0.1) is 5.82 Å². The van der Waals surface area contributed by atoms with E-state index in [-0.39, 0.29) is 11.7 Å². The topological polar surface area (TPSA) is 61.7 Å². The van der Waals surface area contributed by atoms with Gasteiger partial charge in [0.25, 0.3) is 0 Å². The molecule has 1 saturated heterocycles. The van der Waals surface area contributed by atoms with Gasteiger partial charge in [0.05, 0.1) is 11.6 Å². The van der Waals surface area contributed by atoms with Crippen LogP contribution in [0.3, 0.4) is 0 Å². The van der Waals surface area contributed by atoms with Crippen LogP contribution in [-0.4, -0.2) is 26.5 Å². The van der Waals surface area contributed by atoms with Crippen molar-refractivity contribution in [2.75, 3.05) is 0 Å². The summed E-state index contributed by atoms with van der Waals surface area (Å²) >= 11 is 1.24. The van der Waals surface area contributed by atoms with Crippen LogP contribution in [0.4, 0.5) is 4.39 Å². The molecule has 6 heteroatoms. The molecule has 1 fully saturated rings. The number of aliphatic hydroxyl groups is 1. The SMILES string of the molecule is CCCC(O)(CC)C1(C)SC(=N[C@@H](C)c2ccccc2F)NC1=O. The molecule has 0 radical (unpaired) electrons. The number of hydrogen-bond acceptors (Lipinski definition) is 4. The van der Waals surface area contributed by atoms with E-state index < -0.39 is 16.4 Å². The van der Waals surface area contributed by atoms with Crippen LogP contribution in [0.25, 0.3) is 0 Å². The Bertz CT molecular complexity index is 652. The first-order valence-electron chi connectivity index (χ1n) is 8.32. The number of carbonyl (C=O) groups excluding carboxylic acids is 1. The first kappa shape index (κ1) is 18.9. The lowest BCUT2D eigenvalue weighted by atomic mass is 9.81. The number of carbonyl (C=O) groups is 1. The van der Waals surface area contributed by atoms with E-state index in [0.717, 1.165) is 6.42 Å². The third-order valence-corrected chi connectivity index (χ3v) is 6.13. The molecule has 1 aromatic carbocycles. The van der Waals surface area contributed by atoms with E-state index in [1.165, 1.54) is 17.8 Å². The van der Waals surface area contributed by atoms with Crippen LogP contribution in [-0.2, 0) is 4.79 Å². The number of thioether (sulfide) groups is 1. The zero-order chi connectivity index (χ0) is 18.0. The molecule has 1 amide bonds. The summed E-state index contributed by atoms with van der Waals surface area (Å²) in [6.45, 7) is 7.40. The number of hydrogen-bond donors (Lipinski definition) is 2. The molecule has 4 nitrogen and oxygen atoms in total. The molecule has 0 spiro atoms. The van der Waals surface area contributed by atoms with Crippen molar-refractivity contribution in [1.82, 2.24) is 5.32 Å². The Kier molecular flexibility index (Phi) is 5.71. The Morgan fingerprint density at radius 1 is 1.42 bits per heavy atom. The molecule has 24 heavy (non-hydrogen) atoms. The van der Waals surface area contributed by atoms with E-state index in [9.17, 15) is 14.3 Å². The molecule has 1 aliphatic rings. The van der Waals surface area contributed by atoms with Crippen LogP contribution < -0.4 is 5.32 Å². The number of amides is 1. The third-order valence-electron chi connectivity index (χ3n) is 4.76. The Labute approximate surface area is 146 Å². The van der Waals surface area contributed by atoms with Gasteiger partial charge in [-0.15, -0.1) is 0 Å². The maximum atomic E-state index is 13.9. The molecule has 2 N–H and O–H groups in total. The molecule has 1 aliphatic heterocycles. The molecule has 3 atom stereocenters. The quantitative estimate of drug-likeness (QED) is 0.818. The fourth-order valence-corrected chi connectivity index (χ4v) is 4.39. The second kappa shape index (κ2) is 7.23. The van der Waals surface area contributed by atoms with Crippen LogP contribution in [0.5, 0.6) is 0 Å². The average Bonchev–Trinajstić information content (AvgIpc) is 2.83. The summed E-state index contributed by atoms with van der Waals surface area (Å²) in [5.41, 5.74) is -0.623. The van der Waals surface area contributed by atoms with Gasteiger partial charge in [0.15, 0.2) is 5.17 Å². The van der Waals surface area contributed by atoms with Crippen LogP contribution in [0.1, 0.15) is 58.6 Å². The summed E-state index contributed by atoms with van der Waals surface area (Å²) in [4.78, 5) is 17.0. The summed E-state index contributed by atoms with van der Waals surface area (Å²) in [5, 5.41) is 14.2. The summed E-state index contributed by atoms with van der Waals surface area (Å²) in [6, 6.07) is 6.06. The monoisotopic (exact) mass is 352 g/mol. The smallest absolute Gasteiger partial charge is 0.245 e. The van der Waals surface area contributed by atoms with Gasteiger partial charge in [-0.1, -0.05) is 50.2 Å². The summed E-state index contributed by atoms with van der Waals surface area (Å²) < 4.78 is 12.9. The Hall–Kier alpha value is -1.40. The first-order chi connectivity index (χ1) is 11.3. The van der Waals surface area contributed by atoms with Crippen molar-refractivity contribution in [2.45, 2.75) is 63.3 Å². The maximum absolute atomic E-state index is 13.9. The molecule has 0 bridgehead atoms. The number of rotatable bonds is 6. The van der Waals surface area contributed by atoms with E-state index in [1.54, 1.807) is 32.0 Å². The molecule has 0 saturated carbocycles. The van der Waals surface area contributed by atoms with Gasteiger partial charge in [-0.3, -0.25) is 9.79 Å². The summed E-state index contributed by atoms with van der Waals surface area (Å²) in [5.74, 6) is -0.563. The minimum absolute atomic E-state index is 0.246. The molecular formula is C18H25FN2O2S. The molecule has 2 rings (SSSR count). The Morgan fingerprint density at radius 2 is 2.08 bits per heavy atom.